The van der Waals surface area contributed by atoms with Crippen LogP contribution < -0.4 is 0 Å². The zero-order valence-electron chi connectivity index (χ0n) is 15.8. The van der Waals surface area contributed by atoms with Gasteiger partial charge in [0.05, 0.1) is 43.9 Å². The fourth-order valence-electron chi connectivity index (χ4n) is 3.01. The van der Waals surface area contributed by atoms with E-state index in [1.807, 2.05) is 13.8 Å². The molecule has 0 amide bonds. The maximum Gasteiger partial charge on any atom is 0.306 e. The highest BCUT2D eigenvalue weighted by molar-refractivity contribution is 5.67. The summed E-state index contributed by atoms with van der Waals surface area (Å²) in [5, 5.41) is 9.02. The normalized spacial score (nSPS) is 36.5. The lowest BCUT2D eigenvalue weighted by molar-refractivity contribution is -0.472. The van der Waals surface area contributed by atoms with Gasteiger partial charge in [-0.1, -0.05) is 13.8 Å². The van der Waals surface area contributed by atoms with Crippen LogP contribution >= 0.6 is 0 Å². The number of aliphatic carboxylic acids is 1. The van der Waals surface area contributed by atoms with Gasteiger partial charge < -0.3 is 33.5 Å². The SMILES string of the molecule is CCC1(OC)OCC2(CO1)COC(CC)(OC(C)(C)CC(=O)O)OC2. The minimum Gasteiger partial charge on any atom is -0.481 e. The number of carbonyl (C=O) groups is 1. The van der Waals surface area contributed by atoms with Crippen LogP contribution in [-0.4, -0.2) is 62.2 Å². The molecule has 0 aromatic heterocycles. The maximum atomic E-state index is 11.0. The molecule has 2 heterocycles. The van der Waals surface area contributed by atoms with E-state index in [0.717, 1.165) is 0 Å². The van der Waals surface area contributed by atoms with Crippen molar-refractivity contribution in [3.63, 3.8) is 0 Å². The smallest absolute Gasteiger partial charge is 0.306 e. The Kier molecular flexibility index (Phi) is 6.13. The number of hydrogen-bond acceptors (Lipinski definition) is 7. The molecule has 2 saturated heterocycles. The van der Waals surface area contributed by atoms with Crippen molar-refractivity contribution in [1.82, 2.24) is 0 Å². The molecule has 0 radical (unpaired) electrons. The Balaban J connectivity index is 1.98. The molecule has 2 rings (SSSR count). The molecule has 0 unspecified atom stereocenters. The highest BCUT2D eigenvalue weighted by atomic mass is 16.9. The van der Waals surface area contributed by atoms with Gasteiger partial charge in [0.2, 0.25) is 0 Å². The number of ether oxygens (including phenoxy) is 6. The van der Waals surface area contributed by atoms with Crippen LogP contribution in [0, 0.1) is 5.41 Å². The topological polar surface area (TPSA) is 92.7 Å². The van der Waals surface area contributed by atoms with Gasteiger partial charge in [-0.05, 0) is 13.8 Å². The van der Waals surface area contributed by atoms with Gasteiger partial charge in [0.15, 0.2) is 0 Å². The Bertz CT molecular complexity index is 451. The van der Waals surface area contributed by atoms with E-state index in [-0.39, 0.29) is 6.42 Å². The molecule has 2 aliphatic rings. The molecule has 0 aromatic rings. The minimum atomic E-state index is -1.26. The molecule has 8 nitrogen and oxygen atoms in total. The van der Waals surface area contributed by atoms with Gasteiger partial charge in [-0.2, -0.15) is 0 Å². The first-order valence-corrected chi connectivity index (χ1v) is 8.66. The summed E-state index contributed by atoms with van der Waals surface area (Å²) >= 11 is 0. The Hall–Kier alpha value is -0.770. The number of methoxy groups -OCH3 is 1. The van der Waals surface area contributed by atoms with Crippen molar-refractivity contribution in [1.29, 1.82) is 0 Å². The van der Waals surface area contributed by atoms with Crippen molar-refractivity contribution < 1.29 is 38.3 Å². The summed E-state index contributed by atoms with van der Waals surface area (Å²) in [6.45, 7) is 8.62. The summed E-state index contributed by atoms with van der Waals surface area (Å²) in [7, 11) is 1.55. The van der Waals surface area contributed by atoms with E-state index in [1.54, 1.807) is 21.0 Å². The molecule has 146 valence electrons. The van der Waals surface area contributed by atoms with E-state index in [2.05, 4.69) is 0 Å². The summed E-state index contributed by atoms with van der Waals surface area (Å²) in [6, 6.07) is 0. The van der Waals surface area contributed by atoms with Crippen LogP contribution in [0.2, 0.25) is 0 Å². The first kappa shape index (κ1) is 20.5. The molecule has 2 fully saturated rings. The van der Waals surface area contributed by atoms with Gasteiger partial charge in [0, 0.05) is 20.0 Å². The zero-order valence-corrected chi connectivity index (χ0v) is 15.8. The van der Waals surface area contributed by atoms with Gasteiger partial charge >= 0.3 is 5.97 Å². The third-order valence-corrected chi connectivity index (χ3v) is 4.58. The Labute approximate surface area is 148 Å². The molecule has 0 bridgehead atoms. The largest absolute Gasteiger partial charge is 0.481 e. The Morgan fingerprint density at radius 2 is 1.44 bits per heavy atom. The third-order valence-electron chi connectivity index (χ3n) is 4.58. The maximum absolute atomic E-state index is 11.0. The van der Waals surface area contributed by atoms with Gasteiger partial charge in [-0.25, -0.2) is 0 Å². The molecule has 0 aliphatic carbocycles. The van der Waals surface area contributed by atoms with Crippen LogP contribution in [0.3, 0.4) is 0 Å². The lowest BCUT2D eigenvalue weighted by Gasteiger charge is -2.50. The lowest BCUT2D eigenvalue weighted by Crippen LogP contribution is -2.60. The monoisotopic (exact) mass is 362 g/mol. The number of rotatable bonds is 7. The first-order chi connectivity index (χ1) is 11.6. The average Bonchev–Trinajstić information content (AvgIpc) is 2.57. The van der Waals surface area contributed by atoms with E-state index < -0.39 is 28.9 Å². The standard InChI is InChI=1S/C17H30O8/c1-6-16(20-5)21-9-15(10-22-16)11-23-17(7-2,24-12-15)25-14(3,4)8-13(18)19/h6-12H2,1-5H3,(H,18,19). The van der Waals surface area contributed by atoms with Gasteiger partial charge in [-0.3, -0.25) is 4.79 Å². The fourth-order valence-corrected chi connectivity index (χ4v) is 3.01. The molecule has 0 saturated carbocycles. The Morgan fingerprint density at radius 1 is 1.00 bits per heavy atom. The van der Waals surface area contributed by atoms with Crippen molar-refractivity contribution in [3.05, 3.63) is 0 Å². The van der Waals surface area contributed by atoms with E-state index in [4.69, 9.17) is 33.5 Å². The summed E-state index contributed by atoms with van der Waals surface area (Å²) in [5.74, 6) is -3.21. The molecular weight excluding hydrogens is 332 g/mol. The lowest BCUT2D eigenvalue weighted by atomic mass is 9.90. The second-order valence-electron chi connectivity index (χ2n) is 7.36. The van der Waals surface area contributed by atoms with Gasteiger partial charge in [0.1, 0.15) is 0 Å². The summed E-state index contributed by atoms with van der Waals surface area (Å²) < 4.78 is 34.7. The summed E-state index contributed by atoms with van der Waals surface area (Å²) in [6.07, 6.45) is 0.864. The molecule has 25 heavy (non-hydrogen) atoms. The Morgan fingerprint density at radius 3 is 1.80 bits per heavy atom. The highest BCUT2D eigenvalue weighted by Crippen LogP contribution is 2.40. The highest BCUT2D eigenvalue weighted by Gasteiger charge is 2.52. The number of carboxylic acid groups (broad SMARTS) is 1. The summed E-state index contributed by atoms with van der Waals surface area (Å²) in [4.78, 5) is 11.0. The molecule has 8 heteroatoms. The first-order valence-electron chi connectivity index (χ1n) is 8.66. The molecule has 0 aromatic carbocycles. The second-order valence-corrected chi connectivity index (χ2v) is 7.36. The van der Waals surface area contributed by atoms with E-state index in [0.29, 0.717) is 39.3 Å². The zero-order chi connectivity index (χ0) is 18.8. The van der Waals surface area contributed by atoms with Gasteiger partial charge in [0.25, 0.3) is 11.9 Å². The molecule has 1 spiro atoms. The number of carboxylic acids is 1. The predicted octanol–water partition coefficient (Wildman–Crippen LogP) is 2.11. The average molecular weight is 362 g/mol. The van der Waals surface area contributed by atoms with Crippen LogP contribution in [0.4, 0.5) is 0 Å². The molecule has 2 aliphatic heterocycles. The minimum absolute atomic E-state index is 0.147. The van der Waals surface area contributed by atoms with Crippen molar-refractivity contribution in [2.45, 2.75) is 64.5 Å². The van der Waals surface area contributed by atoms with Crippen LogP contribution in [0.25, 0.3) is 0 Å². The van der Waals surface area contributed by atoms with E-state index >= 15 is 0 Å². The van der Waals surface area contributed by atoms with Crippen LogP contribution in [-0.2, 0) is 33.2 Å². The van der Waals surface area contributed by atoms with Gasteiger partial charge in [-0.15, -0.1) is 0 Å². The number of hydrogen-bond donors (Lipinski definition) is 1. The van der Waals surface area contributed by atoms with Crippen molar-refractivity contribution in [2.75, 3.05) is 33.5 Å². The summed E-state index contributed by atoms with van der Waals surface area (Å²) in [5.41, 5.74) is -1.35. The van der Waals surface area contributed by atoms with Crippen LogP contribution in [0.5, 0.6) is 0 Å². The van der Waals surface area contributed by atoms with Crippen LogP contribution in [0.1, 0.15) is 47.0 Å². The van der Waals surface area contributed by atoms with E-state index in [1.165, 1.54) is 0 Å². The quantitative estimate of drug-likeness (QED) is 0.736. The predicted molar refractivity (Wildman–Crippen MR) is 86.7 cm³/mol. The van der Waals surface area contributed by atoms with Crippen molar-refractivity contribution in [2.24, 2.45) is 5.41 Å². The molecule has 1 N–H and O–H groups in total. The van der Waals surface area contributed by atoms with E-state index in [9.17, 15) is 4.79 Å². The van der Waals surface area contributed by atoms with Crippen molar-refractivity contribution >= 4 is 5.97 Å². The molecule has 0 atom stereocenters. The fraction of sp³-hybridized carbons (Fsp3) is 0.941. The molecular formula is C17H30O8. The second kappa shape index (κ2) is 7.46. The van der Waals surface area contributed by atoms with Crippen molar-refractivity contribution in [3.8, 4) is 0 Å². The third kappa shape index (κ3) is 4.69. The van der Waals surface area contributed by atoms with Crippen LogP contribution in [0.15, 0.2) is 0 Å².